The SMILES string of the molecule is CC(C)c1nnc(NC(=O)[C@@H]2CC[C@H](CN)O2)s1.Cl. The van der Waals surface area contributed by atoms with Gasteiger partial charge in [0.05, 0.1) is 6.10 Å². The first-order chi connectivity index (χ1) is 8.60. The first-order valence-electron chi connectivity index (χ1n) is 6.10. The van der Waals surface area contributed by atoms with Gasteiger partial charge in [-0.1, -0.05) is 25.2 Å². The maximum Gasteiger partial charge on any atom is 0.255 e. The Hall–Kier alpha value is -0.760. The minimum Gasteiger partial charge on any atom is -0.364 e. The maximum absolute atomic E-state index is 11.9. The molecule has 2 rings (SSSR count). The normalized spacial score (nSPS) is 22.3. The van der Waals surface area contributed by atoms with Crippen LogP contribution in [0.2, 0.25) is 0 Å². The van der Waals surface area contributed by atoms with Crippen LogP contribution in [0.5, 0.6) is 0 Å². The molecule has 6 nitrogen and oxygen atoms in total. The van der Waals surface area contributed by atoms with Crippen molar-refractivity contribution in [2.24, 2.45) is 5.73 Å². The summed E-state index contributed by atoms with van der Waals surface area (Å²) >= 11 is 1.40. The number of rotatable bonds is 4. The summed E-state index contributed by atoms with van der Waals surface area (Å²) in [6, 6.07) is 0. The lowest BCUT2D eigenvalue weighted by Crippen LogP contribution is -2.29. The topological polar surface area (TPSA) is 90.1 Å². The van der Waals surface area contributed by atoms with Gasteiger partial charge in [-0.25, -0.2) is 0 Å². The molecule has 8 heteroatoms. The lowest BCUT2D eigenvalue weighted by atomic mass is 10.2. The van der Waals surface area contributed by atoms with E-state index in [0.717, 1.165) is 11.4 Å². The number of amides is 1. The van der Waals surface area contributed by atoms with Crippen LogP contribution in [-0.4, -0.2) is 34.9 Å². The van der Waals surface area contributed by atoms with Crippen LogP contribution in [-0.2, 0) is 9.53 Å². The number of halogens is 1. The highest BCUT2D eigenvalue weighted by Gasteiger charge is 2.30. The standard InChI is InChI=1S/C11H18N4O2S.ClH/c1-6(2)10-14-15-11(18-10)13-9(16)8-4-3-7(5-12)17-8;/h6-8H,3-5,12H2,1-2H3,(H,13,15,16);1H/t7-,8+;/m1./s1. The van der Waals surface area contributed by atoms with Gasteiger partial charge in [-0.2, -0.15) is 0 Å². The highest BCUT2D eigenvalue weighted by atomic mass is 35.5. The second-order valence-electron chi connectivity index (χ2n) is 4.65. The molecule has 108 valence electrons. The van der Waals surface area contributed by atoms with Crippen molar-refractivity contribution < 1.29 is 9.53 Å². The van der Waals surface area contributed by atoms with Crippen molar-refractivity contribution in [1.29, 1.82) is 0 Å². The molecule has 0 saturated carbocycles. The maximum atomic E-state index is 11.9. The molecular formula is C11H19ClN4O2S. The highest BCUT2D eigenvalue weighted by molar-refractivity contribution is 7.15. The molecule has 1 amide bonds. The largest absolute Gasteiger partial charge is 0.364 e. The van der Waals surface area contributed by atoms with E-state index >= 15 is 0 Å². The lowest BCUT2D eigenvalue weighted by molar-refractivity contribution is -0.126. The molecule has 3 N–H and O–H groups in total. The van der Waals surface area contributed by atoms with Crippen molar-refractivity contribution in [2.45, 2.75) is 44.8 Å². The summed E-state index contributed by atoms with van der Waals surface area (Å²) in [4.78, 5) is 11.9. The molecule has 1 aromatic rings. The summed E-state index contributed by atoms with van der Waals surface area (Å²) < 4.78 is 5.52. The molecule has 1 aromatic heterocycles. The number of hydrogen-bond acceptors (Lipinski definition) is 6. The van der Waals surface area contributed by atoms with Gasteiger partial charge >= 0.3 is 0 Å². The van der Waals surface area contributed by atoms with Gasteiger partial charge in [0.2, 0.25) is 5.13 Å². The van der Waals surface area contributed by atoms with Gasteiger partial charge in [0.25, 0.3) is 5.91 Å². The quantitative estimate of drug-likeness (QED) is 0.880. The van der Waals surface area contributed by atoms with Gasteiger partial charge in [-0.3, -0.25) is 10.1 Å². The number of ether oxygens (including phenoxy) is 1. The fraction of sp³-hybridized carbons (Fsp3) is 0.727. The van der Waals surface area contributed by atoms with Gasteiger partial charge in [-0.15, -0.1) is 22.6 Å². The molecule has 0 unspecified atom stereocenters. The van der Waals surface area contributed by atoms with E-state index in [9.17, 15) is 4.79 Å². The monoisotopic (exact) mass is 306 g/mol. The Kier molecular flexibility index (Phi) is 6.12. The molecule has 1 fully saturated rings. The van der Waals surface area contributed by atoms with Crippen molar-refractivity contribution in [3.8, 4) is 0 Å². The average molecular weight is 307 g/mol. The van der Waals surface area contributed by atoms with E-state index in [1.165, 1.54) is 11.3 Å². The highest BCUT2D eigenvalue weighted by Crippen LogP contribution is 2.24. The molecule has 2 heterocycles. The van der Waals surface area contributed by atoms with E-state index in [2.05, 4.69) is 15.5 Å². The van der Waals surface area contributed by atoms with Crippen LogP contribution in [0, 0.1) is 0 Å². The Balaban J connectivity index is 0.00000180. The Bertz CT molecular complexity index is 427. The number of hydrogen-bond donors (Lipinski definition) is 2. The number of carbonyl (C=O) groups excluding carboxylic acids is 1. The van der Waals surface area contributed by atoms with Crippen LogP contribution in [0.3, 0.4) is 0 Å². The molecule has 19 heavy (non-hydrogen) atoms. The van der Waals surface area contributed by atoms with Crippen molar-refractivity contribution in [2.75, 3.05) is 11.9 Å². The van der Waals surface area contributed by atoms with Gasteiger partial charge in [0.1, 0.15) is 11.1 Å². The van der Waals surface area contributed by atoms with Crippen LogP contribution < -0.4 is 11.1 Å². The molecule has 0 radical (unpaired) electrons. The second-order valence-corrected chi connectivity index (χ2v) is 5.66. The third-order valence-electron chi connectivity index (χ3n) is 2.83. The number of nitrogens with zero attached hydrogens (tertiary/aromatic N) is 2. The van der Waals surface area contributed by atoms with Crippen LogP contribution in [0.1, 0.15) is 37.6 Å². The van der Waals surface area contributed by atoms with E-state index in [0.29, 0.717) is 24.0 Å². The van der Waals surface area contributed by atoms with Crippen LogP contribution >= 0.6 is 23.7 Å². The molecule has 0 spiro atoms. The Labute approximate surface area is 122 Å². The van der Waals surface area contributed by atoms with Crippen molar-refractivity contribution in [3.63, 3.8) is 0 Å². The zero-order chi connectivity index (χ0) is 13.1. The molecule has 0 aromatic carbocycles. The molecule has 1 aliphatic heterocycles. The first-order valence-corrected chi connectivity index (χ1v) is 6.91. The Morgan fingerprint density at radius 3 is 2.79 bits per heavy atom. The summed E-state index contributed by atoms with van der Waals surface area (Å²) in [6.07, 6.45) is 1.14. The van der Waals surface area contributed by atoms with Crippen LogP contribution in [0.4, 0.5) is 5.13 Å². The van der Waals surface area contributed by atoms with E-state index in [1.54, 1.807) is 0 Å². The van der Waals surface area contributed by atoms with E-state index < -0.39 is 6.10 Å². The lowest BCUT2D eigenvalue weighted by Gasteiger charge is -2.10. The fourth-order valence-corrected chi connectivity index (χ4v) is 2.52. The summed E-state index contributed by atoms with van der Waals surface area (Å²) in [5.41, 5.74) is 5.51. The predicted molar refractivity (Wildman–Crippen MR) is 76.8 cm³/mol. The molecule has 1 saturated heterocycles. The van der Waals surface area contributed by atoms with Crippen LogP contribution in [0.15, 0.2) is 0 Å². The minimum absolute atomic E-state index is 0. The summed E-state index contributed by atoms with van der Waals surface area (Å²) in [7, 11) is 0. The second kappa shape index (κ2) is 7.14. The fourth-order valence-electron chi connectivity index (χ4n) is 1.78. The number of anilines is 1. The van der Waals surface area contributed by atoms with Crippen molar-refractivity contribution >= 4 is 34.8 Å². The Morgan fingerprint density at radius 1 is 1.53 bits per heavy atom. The molecule has 0 bridgehead atoms. The smallest absolute Gasteiger partial charge is 0.255 e. The van der Waals surface area contributed by atoms with Gasteiger partial charge in [0.15, 0.2) is 0 Å². The van der Waals surface area contributed by atoms with Gasteiger partial charge < -0.3 is 10.5 Å². The first kappa shape index (κ1) is 16.3. The molecule has 2 atom stereocenters. The van der Waals surface area contributed by atoms with E-state index in [1.807, 2.05) is 13.8 Å². The third kappa shape index (κ3) is 4.10. The molecular weight excluding hydrogens is 288 g/mol. The molecule has 0 aliphatic carbocycles. The summed E-state index contributed by atoms with van der Waals surface area (Å²) in [5.74, 6) is 0.162. The molecule has 1 aliphatic rings. The third-order valence-corrected chi connectivity index (χ3v) is 3.97. The number of nitrogens with two attached hydrogens (primary N) is 1. The Morgan fingerprint density at radius 2 is 2.26 bits per heavy atom. The van der Waals surface area contributed by atoms with Crippen LogP contribution in [0.25, 0.3) is 0 Å². The van der Waals surface area contributed by atoms with Crippen molar-refractivity contribution in [1.82, 2.24) is 10.2 Å². The number of nitrogens with one attached hydrogen (secondary N) is 1. The van der Waals surface area contributed by atoms with Gasteiger partial charge in [-0.05, 0) is 12.8 Å². The summed E-state index contributed by atoms with van der Waals surface area (Å²) in [5, 5.41) is 12.2. The zero-order valence-corrected chi connectivity index (χ0v) is 12.6. The summed E-state index contributed by atoms with van der Waals surface area (Å²) in [6.45, 7) is 4.54. The number of carbonyl (C=O) groups is 1. The predicted octanol–water partition coefficient (Wildman–Crippen LogP) is 1.53. The minimum atomic E-state index is -0.412. The van der Waals surface area contributed by atoms with Crippen molar-refractivity contribution in [3.05, 3.63) is 5.01 Å². The van der Waals surface area contributed by atoms with E-state index in [-0.39, 0.29) is 24.4 Å². The number of aromatic nitrogens is 2. The zero-order valence-electron chi connectivity index (χ0n) is 11.0. The van der Waals surface area contributed by atoms with E-state index in [4.69, 9.17) is 10.5 Å². The van der Waals surface area contributed by atoms with Gasteiger partial charge in [0, 0.05) is 12.5 Å². The average Bonchev–Trinajstić information content (AvgIpc) is 2.96.